The summed E-state index contributed by atoms with van der Waals surface area (Å²) in [4.78, 5) is 12.5. The van der Waals surface area contributed by atoms with Gasteiger partial charge in [-0.1, -0.05) is 17.7 Å². The minimum Gasteiger partial charge on any atom is -0.497 e. The van der Waals surface area contributed by atoms with Crippen molar-refractivity contribution in [1.29, 1.82) is 0 Å². The number of carbonyl (C=O) groups excluding carboxylic acids is 1. The lowest BCUT2D eigenvalue weighted by Crippen LogP contribution is -2.15. The molecular weight excluding hydrogens is 496 g/mol. The first kappa shape index (κ1) is 24.0. The van der Waals surface area contributed by atoms with Crippen LogP contribution in [-0.2, 0) is 16.6 Å². The zero-order valence-electron chi connectivity index (χ0n) is 18.3. The Hall–Kier alpha value is -4.09. The van der Waals surface area contributed by atoms with Gasteiger partial charge in [-0.05, 0) is 60.7 Å². The Morgan fingerprint density at radius 2 is 1.77 bits per heavy atom. The largest absolute Gasteiger partial charge is 0.497 e. The maximum atomic E-state index is 12.5. The van der Waals surface area contributed by atoms with E-state index in [4.69, 9.17) is 25.5 Å². The van der Waals surface area contributed by atoms with Crippen LogP contribution in [-0.4, -0.2) is 31.6 Å². The molecule has 2 aromatic heterocycles. The number of furan rings is 1. The predicted octanol–water partition coefficient (Wildman–Crippen LogP) is 4.36. The second-order valence-corrected chi connectivity index (χ2v) is 9.13. The molecule has 180 valence electrons. The molecule has 2 aromatic carbocycles. The number of rotatable bonds is 9. The molecule has 2 N–H and O–H groups in total. The summed E-state index contributed by atoms with van der Waals surface area (Å²) in [7, 11) is -2.34. The highest BCUT2D eigenvalue weighted by molar-refractivity contribution is 7.92. The van der Waals surface area contributed by atoms with E-state index in [0.29, 0.717) is 22.9 Å². The van der Waals surface area contributed by atoms with Crippen LogP contribution in [0.3, 0.4) is 0 Å². The average Bonchev–Trinajstić information content (AvgIpc) is 3.34. The molecule has 10 nitrogen and oxygen atoms in total. The van der Waals surface area contributed by atoms with Crippen LogP contribution in [0.5, 0.6) is 11.5 Å². The summed E-state index contributed by atoms with van der Waals surface area (Å²) in [6.07, 6.45) is 0. The van der Waals surface area contributed by atoms with E-state index in [1.54, 1.807) is 37.4 Å². The highest BCUT2D eigenvalue weighted by atomic mass is 35.5. The molecule has 35 heavy (non-hydrogen) atoms. The molecule has 0 bridgehead atoms. The molecule has 0 unspecified atom stereocenters. The maximum absolute atomic E-state index is 12.5. The molecule has 0 atom stereocenters. The van der Waals surface area contributed by atoms with Gasteiger partial charge in [0.2, 0.25) is 0 Å². The fourth-order valence-corrected chi connectivity index (χ4v) is 4.00. The molecule has 2 heterocycles. The summed E-state index contributed by atoms with van der Waals surface area (Å²) >= 11 is 5.65. The van der Waals surface area contributed by atoms with Gasteiger partial charge in [0.25, 0.3) is 15.9 Å². The highest BCUT2D eigenvalue weighted by Gasteiger charge is 2.16. The predicted molar refractivity (Wildman–Crippen MR) is 128 cm³/mol. The smallest absolute Gasteiger partial charge is 0.291 e. The fraction of sp³-hybridized carbons (Fsp3) is 0.0870. The lowest BCUT2D eigenvalue weighted by atomic mass is 10.3. The summed E-state index contributed by atoms with van der Waals surface area (Å²) < 4.78 is 43.7. The molecule has 0 fully saturated rings. The molecule has 0 aliphatic carbocycles. The minimum atomic E-state index is -3.90. The van der Waals surface area contributed by atoms with E-state index in [0.717, 1.165) is 0 Å². The molecule has 4 aromatic rings. The van der Waals surface area contributed by atoms with Crippen molar-refractivity contribution < 1.29 is 27.1 Å². The van der Waals surface area contributed by atoms with Crippen LogP contribution < -0.4 is 19.5 Å². The molecule has 12 heteroatoms. The fourth-order valence-electron chi connectivity index (χ4n) is 2.90. The second kappa shape index (κ2) is 10.5. The molecule has 4 rings (SSSR count). The van der Waals surface area contributed by atoms with Crippen LogP contribution in [0, 0.1) is 0 Å². The van der Waals surface area contributed by atoms with Crippen LogP contribution in [0.25, 0.3) is 0 Å². The van der Waals surface area contributed by atoms with Crippen molar-refractivity contribution in [1.82, 2.24) is 10.2 Å². The molecule has 0 radical (unpaired) electrons. The van der Waals surface area contributed by atoms with Crippen molar-refractivity contribution in [3.63, 3.8) is 0 Å². The Morgan fingerprint density at radius 1 is 1.00 bits per heavy atom. The van der Waals surface area contributed by atoms with Crippen molar-refractivity contribution in [2.24, 2.45) is 0 Å². The van der Waals surface area contributed by atoms with Gasteiger partial charge >= 0.3 is 0 Å². The zero-order valence-corrected chi connectivity index (χ0v) is 19.8. The Morgan fingerprint density at radius 3 is 2.49 bits per heavy atom. The summed E-state index contributed by atoms with van der Waals surface area (Å²) in [6, 6.07) is 18.7. The number of hydrogen-bond donors (Lipinski definition) is 2. The number of amides is 1. The van der Waals surface area contributed by atoms with E-state index in [2.05, 4.69) is 20.2 Å². The van der Waals surface area contributed by atoms with E-state index in [9.17, 15) is 13.2 Å². The zero-order chi connectivity index (χ0) is 24.8. The van der Waals surface area contributed by atoms with Crippen LogP contribution in [0.2, 0.25) is 5.15 Å². The number of carbonyl (C=O) groups is 1. The first-order chi connectivity index (χ1) is 16.8. The standard InChI is InChI=1S/C23H19ClN4O6S/c1-32-16-3-2-4-17(13-16)33-14-18-7-10-20(34-18)23(29)25-15-5-8-19(9-6-15)35(30,31)28-22-12-11-21(24)26-27-22/h2-13H,14H2,1H3,(H,25,29)(H,27,28). The molecule has 0 aliphatic rings. The SMILES string of the molecule is COc1cccc(OCc2ccc(C(=O)Nc3ccc(S(=O)(=O)Nc4ccc(Cl)nn4)cc3)o2)c1. The van der Waals surface area contributed by atoms with E-state index in [1.807, 2.05) is 0 Å². The molecule has 0 saturated heterocycles. The first-order valence-corrected chi connectivity index (χ1v) is 12.0. The van der Waals surface area contributed by atoms with E-state index in [1.165, 1.54) is 42.5 Å². The molecule has 1 amide bonds. The quantitative estimate of drug-likeness (QED) is 0.336. The van der Waals surface area contributed by atoms with Crippen LogP contribution in [0.4, 0.5) is 11.5 Å². The Balaban J connectivity index is 1.35. The third-order valence-electron chi connectivity index (χ3n) is 4.60. The number of methoxy groups -OCH3 is 1. The van der Waals surface area contributed by atoms with Gasteiger partial charge in [0, 0.05) is 11.8 Å². The number of benzene rings is 2. The summed E-state index contributed by atoms with van der Waals surface area (Å²) in [5, 5.41) is 10.0. The lowest BCUT2D eigenvalue weighted by molar-refractivity contribution is 0.0992. The number of halogens is 1. The van der Waals surface area contributed by atoms with Gasteiger partial charge in [0.1, 0.15) is 23.9 Å². The second-order valence-electron chi connectivity index (χ2n) is 7.06. The van der Waals surface area contributed by atoms with Crippen molar-refractivity contribution in [3.05, 3.63) is 89.5 Å². The van der Waals surface area contributed by atoms with Crippen molar-refractivity contribution in [2.45, 2.75) is 11.5 Å². The van der Waals surface area contributed by atoms with Crippen molar-refractivity contribution in [2.75, 3.05) is 17.1 Å². The summed E-state index contributed by atoms with van der Waals surface area (Å²) in [5.41, 5.74) is 0.380. The molecular formula is C23H19ClN4O6S. The Bertz CT molecular complexity index is 1420. The highest BCUT2D eigenvalue weighted by Crippen LogP contribution is 2.21. The number of sulfonamides is 1. The van der Waals surface area contributed by atoms with Crippen LogP contribution >= 0.6 is 11.6 Å². The third-order valence-corrected chi connectivity index (χ3v) is 6.17. The molecule has 0 spiro atoms. The monoisotopic (exact) mass is 514 g/mol. The average molecular weight is 515 g/mol. The van der Waals surface area contributed by atoms with Gasteiger partial charge in [-0.3, -0.25) is 9.52 Å². The topological polar surface area (TPSA) is 133 Å². The summed E-state index contributed by atoms with van der Waals surface area (Å²) in [5.74, 6) is 1.32. The van der Waals surface area contributed by atoms with Crippen molar-refractivity contribution >= 4 is 39.0 Å². The van der Waals surface area contributed by atoms with E-state index < -0.39 is 15.9 Å². The Kier molecular flexibility index (Phi) is 7.18. The third kappa shape index (κ3) is 6.28. The van der Waals surface area contributed by atoms with Gasteiger partial charge in [0.05, 0.1) is 12.0 Å². The van der Waals surface area contributed by atoms with Crippen LogP contribution in [0.15, 0.2) is 82.1 Å². The number of anilines is 2. The van der Waals surface area contributed by atoms with Gasteiger partial charge in [-0.2, -0.15) is 0 Å². The normalized spacial score (nSPS) is 11.0. The number of nitrogens with one attached hydrogen (secondary N) is 2. The molecule has 0 saturated carbocycles. The lowest BCUT2D eigenvalue weighted by Gasteiger charge is -2.08. The van der Waals surface area contributed by atoms with E-state index in [-0.39, 0.29) is 28.2 Å². The number of ether oxygens (including phenoxy) is 2. The van der Waals surface area contributed by atoms with Gasteiger partial charge in [0.15, 0.2) is 16.7 Å². The summed E-state index contributed by atoms with van der Waals surface area (Å²) in [6.45, 7) is 0.123. The Labute approximate surface area is 205 Å². The van der Waals surface area contributed by atoms with Gasteiger partial charge < -0.3 is 19.2 Å². The molecule has 0 aliphatic heterocycles. The maximum Gasteiger partial charge on any atom is 0.291 e. The van der Waals surface area contributed by atoms with Crippen LogP contribution in [0.1, 0.15) is 16.3 Å². The minimum absolute atomic E-state index is 0.0239. The van der Waals surface area contributed by atoms with Gasteiger partial charge in [-0.25, -0.2) is 8.42 Å². The van der Waals surface area contributed by atoms with Crippen molar-refractivity contribution in [3.8, 4) is 11.5 Å². The van der Waals surface area contributed by atoms with E-state index >= 15 is 0 Å². The number of nitrogens with zero attached hydrogens (tertiary/aromatic N) is 2. The number of aromatic nitrogens is 2. The first-order valence-electron chi connectivity index (χ1n) is 10.1. The van der Waals surface area contributed by atoms with Gasteiger partial charge in [-0.15, -0.1) is 10.2 Å². The number of hydrogen-bond acceptors (Lipinski definition) is 8.